The molecule has 0 aliphatic carbocycles. The van der Waals surface area contributed by atoms with Gasteiger partial charge in [0.2, 0.25) is 10.0 Å². The second-order valence-electron chi connectivity index (χ2n) is 5.51. The van der Waals surface area contributed by atoms with Crippen LogP contribution in [0.25, 0.3) is 0 Å². The third-order valence-electron chi connectivity index (χ3n) is 4.05. The second-order valence-corrected chi connectivity index (χ2v) is 7.80. The molecule has 1 aliphatic heterocycles. The average molecular weight is 325 g/mol. The van der Waals surface area contributed by atoms with Crippen LogP contribution in [-0.2, 0) is 10.0 Å². The fourth-order valence-corrected chi connectivity index (χ4v) is 3.19. The molecule has 1 heterocycles. The summed E-state index contributed by atoms with van der Waals surface area (Å²) in [6.07, 6.45) is 0. The Morgan fingerprint density at radius 3 is 2.18 bits per heavy atom. The summed E-state index contributed by atoms with van der Waals surface area (Å²) in [6, 6.07) is 6.74. The number of hydrogen-bond donors (Lipinski definition) is 0. The Bertz CT molecular complexity index is 620. The van der Waals surface area contributed by atoms with Gasteiger partial charge in [0.1, 0.15) is 0 Å². The molecule has 0 aromatic heterocycles. The van der Waals surface area contributed by atoms with Crippen molar-refractivity contribution in [1.82, 2.24) is 9.80 Å². The van der Waals surface area contributed by atoms with Crippen LogP contribution < -0.4 is 4.31 Å². The van der Waals surface area contributed by atoms with Gasteiger partial charge in [-0.1, -0.05) is 0 Å². The van der Waals surface area contributed by atoms with E-state index in [4.69, 9.17) is 0 Å². The molecule has 6 nitrogen and oxygen atoms in total. The highest BCUT2D eigenvalue weighted by Gasteiger charge is 2.21. The van der Waals surface area contributed by atoms with E-state index in [0.717, 1.165) is 26.2 Å². The standard InChI is InChI=1S/C15H23N3O3S/c1-4-22(20,21)17(3)14-7-5-13(6-8-14)15(19)18-11-9-16(2)10-12-18/h5-8H,4,9-12H2,1-3H3. The Balaban J connectivity index is 2.10. The lowest BCUT2D eigenvalue weighted by Crippen LogP contribution is -2.47. The predicted molar refractivity (Wildman–Crippen MR) is 87.7 cm³/mol. The summed E-state index contributed by atoms with van der Waals surface area (Å²) in [5, 5.41) is 0. The van der Waals surface area contributed by atoms with Crippen LogP contribution in [0.3, 0.4) is 0 Å². The van der Waals surface area contributed by atoms with Crippen molar-refractivity contribution in [1.29, 1.82) is 0 Å². The van der Waals surface area contributed by atoms with E-state index < -0.39 is 10.0 Å². The number of likely N-dealkylation sites (N-methyl/N-ethyl adjacent to an activating group) is 1. The third-order valence-corrected chi connectivity index (χ3v) is 5.83. The van der Waals surface area contributed by atoms with Gasteiger partial charge in [-0.25, -0.2) is 8.42 Å². The summed E-state index contributed by atoms with van der Waals surface area (Å²) in [5.74, 6) is 0.0477. The van der Waals surface area contributed by atoms with Crippen LogP contribution in [0.5, 0.6) is 0 Å². The minimum Gasteiger partial charge on any atom is -0.336 e. The first-order chi connectivity index (χ1) is 10.3. The van der Waals surface area contributed by atoms with Gasteiger partial charge in [-0.15, -0.1) is 0 Å². The topological polar surface area (TPSA) is 60.9 Å². The molecule has 1 aliphatic rings. The first-order valence-electron chi connectivity index (χ1n) is 7.39. The van der Waals surface area contributed by atoms with Gasteiger partial charge in [-0.05, 0) is 38.2 Å². The van der Waals surface area contributed by atoms with Crippen molar-refractivity contribution in [2.75, 3.05) is 50.3 Å². The van der Waals surface area contributed by atoms with Gasteiger partial charge in [0, 0.05) is 38.8 Å². The van der Waals surface area contributed by atoms with E-state index in [1.807, 2.05) is 11.9 Å². The maximum absolute atomic E-state index is 12.4. The fraction of sp³-hybridized carbons (Fsp3) is 0.533. The number of sulfonamides is 1. The van der Waals surface area contributed by atoms with E-state index in [0.29, 0.717) is 11.3 Å². The Labute approximate surface area is 132 Å². The summed E-state index contributed by atoms with van der Waals surface area (Å²) in [4.78, 5) is 16.4. The zero-order valence-electron chi connectivity index (χ0n) is 13.3. The van der Waals surface area contributed by atoms with Gasteiger partial charge < -0.3 is 9.80 Å². The van der Waals surface area contributed by atoms with Crippen LogP contribution in [0.4, 0.5) is 5.69 Å². The van der Waals surface area contributed by atoms with Gasteiger partial charge in [0.15, 0.2) is 0 Å². The molecule has 22 heavy (non-hydrogen) atoms. The maximum atomic E-state index is 12.4. The molecule has 122 valence electrons. The lowest BCUT2D eigenvalue weighted by Gasteiger charge is -2.32. The number of nitrogens with zero attached hydrogens (tertiary/aromatic N) is 3. The molecule has 0 spiro atoms. The monoisotopic (exact) mass is 325 g/mol. The molecule has 1 aromatic rings. The largest absolute Gasteiger partial charge is 0.336 e. The van der Waals surface area contributed by atoms with Crippen molar-refractivity contribution >= 4 is 21.6 Å². The van der Waals surface area contributed by atoms with E-state index in [2.05, 4.69) is 4.90 Å². The summed E-state index contributed by atoms with van der Waals surface area (Å²) in [7, 11) is 0.288. The van der Waals surface area contributed by atoms with Crippen LogP contribution >= 0.6 is 0 Å². The lowest BCUT2D eigenvalue weighted by molar-refractivity contribution is 0.0664. The quantitative estimate of drug-likeness (QED) is 0.824. The van der Waals surface area contributed by atoms with Crippen molar-refractivity contribution in [3.63, 3.8) is 0 Å². The first kappa shape index (κ1) is 16.8. The lowest BCUT2D eigenvalue weighted by atomic mass is 10.1. The number of carbonyl (C=O) groups is 1. The van der Waals surface area contributed by atoms with E-state index >= 15 is 0 Å². The first-order valence-corrected chi connectivity index (χ1v) is 9.00. The number of rotatable bonds is 4. The summed E-state index contributed by atoms with van der Waals surface area (Å²) in [6.45, 7) is 4.81. The molecule has 0 bridgehead atoms. The van der Waals surface area contributed by atoms with Gasteiger partial charge in [-0.2, -0.15) is 0 Å². The normalized spacial score (nSPS) is 16.6. The van der Waals surface area contributed by atoms with Gasteiger partial charge in [0.05, 0.1) is 11.4 Å². The zero-order chi connectivity index (χ0) is 16.3. The summed E-state index contributed by atoms with van der Waals surface area (Å²) >= 11 is 0. The molecule has 0 saturated carbocycles. The highest BCUT2D eigenvalue weighted by Crippen LogP contribution is 2.18. The Morgan fingerprint density at radius 2 is 1.68 bits per heavy atom. The van der Waals surface area contributed by atoms with E-state index in [1.54, 1.807) is 31.2 Å². The third kappa shape index (κ3) is 3.59. The van der Waals surface area contributed by atoms with Crippen molar-refractivity contribution in [3.8, 4) is 0 Å². The van der Waals surface area contributed by atoms with Gasteiger partial charge in [-0.3, -0.25) is 9.10 Å². The van der Waals surface area contributed by atoms with Crippen molar-refractivity contribution < 1.29 is 13.2 Å². The predicted octanol–water partition coefficient (Wildman–Crippen LogP) is 0.860. The van der Waals surface area contributed by atoms with Crippen LogP contribution in [0.1, 0.15) is 17.3 Å². The molecule has 1 saturated heterocycles. The van der Waals surface area contributed by atoms with Crippen molar-refractivity contribution in [3.05, 3.63) is 29.8 Å². The van der Waals surface area contributed by atoms with Crippen molar-refractivity contribution in [2.45, 2.75) is 6.92 Å². The van der Waals surface area contributed by atoms with Crippen LogP contribution in [0.2, 0.25) is 0 Å². The maximum Gasteiger partial charge on any atom is 0.253 e. The van der Waals surface area contributed by atoms with Crippen LogP contribution in [0.15, 0.2) is 24.3 Å². The highest BCUT2D eigenvalue weighted by molar-refractivity contribution is 7.92. The highest BCUT2D eigenvalue weighted by atomic mass is 32.2. The molecule has 0 radical (unpaired) electrons. The minimum atomic E-state index is -3.28. The molecule has 7 heteroatoms. The van der Waals surface area contributed by atoms with E-state index in [9.17, 15) is 13.2 Å². The molecule has 1 aromatic carbocycles. The average Bonchev–Trinajstić information content (AvgIpc) is 2.54. The minimum absolute atomic E-state index is 0.000603. The molecular weight excluding hydrogens is 302 g/mol. The van der Waals surface area contributed by atoms with Crippen molar-refractivity contribution in [2.24, 2.45) is 0 Å². The van der Waals surface area contributed by atoms with E-state index in [-0.39, 0.29) is 11.7 Å². The molecule has 1 fully saturated rings. The number of anilines is 1. The summed E-state index contributed by atoms with van der Waals surface area (Å²) < 4.78 is 24.9. The molecule has 0 N–H and O–H groups in total. The Hall–Kier alpha value is -1.60. The van der Waals surface area contributed by atoms with Gasteiger partial charge >= 0.3 is 0 Å². The number of amides is 1. The molecule has 0 atom stereocenters. The zero-order valence-corrected chi connectivity index (χ0v) is 14.1. The number of benzene rings is 1. The number of hydrogen-bond acceptors (Lipinski definition) is 4. The van der Waals surface area contributed by atoms with E-state index in [1.165, 1.54) is 11.4 Å². The molecule has 1 amide bonds. The Kier molecular flexibility index (Phi) is 5.08. The van der Waals surface area contributed by atoms with Crippen LogP contribution in [-0.4, -0.2) is 70.2 Å². The smallest absolute Gasteiger partial charge is 0.253 e. The molecule has 0 unspecified atom stereocenters. The second kappa shape index (κ2) is 6.66. The molecular formula is C15H23N3O3S. The number of carbonyl (C=O) groups excluding carboxylic acids is 1. The fourth-order valence-electron chi connectivity index (χ4n) is 2.36. The Morgan fingerprint density at radius 1 is 1.14 bits per heavy atom. The van der Waals surface area contributed by atoms with Crippen LogP contribution in [0, 0.1) is 0 Å². The summed E-state index contributed by atoms with van der Waals surface area (Å²) in [5.41, 5.74) is 1.16. The molecule has 2 rings (SSSR count). The van der Waals surface area contributed by atoms with Gasteiger partial charge in [0.25, 0.3) is 5.91 Å². The SMILES string of the molecule is CCS(=O)(=O)N(C)c1ccc(C(=O)N2CCN(C)CC2)cc1. The number of piperazine rings is 1.